The normalized spacial score (nSPS) is 10.3. The lowest BCUT2D eigenvalue weighted by atomic mass is 10.3. The third-order valence-corrected chi connectivity index (χ3v) is 3.79. The van der Waals surface area contributed by atoms with Crippen molar-refractivity contribution >= 4 is 28.7 Å². The lowest BCUT2D eigenvalue weighted by Crippen LogP contribution is -2.04. The van der Waals surface area contributed by atoms with Gasteiger partial charge in [0.05, 0.1) is 23.6 Å². The average Bonchev–Trinajstić information content (AvgIpc) is 2.92. The average molecular weight is 293 g/mol. The minimum absolute atomic E-state index is 0.000219. The third-order valence-electron chi connectivity index (χ3n) is 2.65. The van der Waals surface area contributed by atoms with E-state index in [1.807, 2.05) is 6.20 Å². The summed E-state index contributed by atoms with van der Waals surface area (Å²) in [5.41, 5.74) is 0.000219. The molecule has 0 aliphatic carbocycles. The number of aryl methyl sites for hydroxylation is 1. The molecule has 0 unspecified atom stereocenters. The second kappa shape index (κ2) is 6.29. The summed E-state index contributed by atoms with van der Waals surface area (Å²) >= 11 is 1.62. The molecule has 0 spiro atoms. The van der Waals surface area contributed by atoms with Crippen molar-refractivity contribution in [3.8, 4) is 0 Å². The number of hydrogen-bond donors (Lipinski definition) is 2. The minimum atomic E-state index is -0.438. The first-order chi connectivity index (χ1) is 9.62. The number of hydrogen-bond acceptors (Lipinski definition) is 7. The number of anilines is 2. The van der Waals surface area contributed by atoms with Crippen molar-refractivity contribution < 1.29 is 4.92 Å². The summed E-state index contributed by atoms with van der Waals surface area (Å²) in [6, 6.07) is 2.80. The van der Waals surface area contributed by atoms with E-state index in [0.717, 1.165) is 11.4 Å². The van der Waals surface area contributed by atoms with Gasteiger partial charge in [-0.05, 0) is 6.42 Å². The fourth-order valence-electron chi connectivity index (χ4n) is 1.60. The maximum Gasteiger partial charge on any atom is 0.276 e. The lowest BCUT2D eigenvalue weighted by molar-refractivity contribution is -0.384. The second-order valence-corrected chi connectivity index (χ2v) is 5.23. The van der Waals surface area contributed by atoms with Gasteiger partial charge in [0.25, 0.3) is 5.69 Å². The van der Waals surface area contributed by atoms with E-state index < -0.39 is 4.92 Å². The summed E-state index contributed by atoms with van der Waals surface area (Å²) in [5.74, 6) is 0.909. The van der Waals surface area contributed by atoms with Gasteiger partial charge in [-0.3, -0.25) is 10.1 Å². The zero-order valence-corrected chi connectivity index (χ0v) is 12.0. The molecular weight excluding hydrogens is 278 g/mol. The molecular formula is C12H15N5O2S. The Bertz CT molecular complexity index is 614. The van der Waals surface area contributed by atoms with Crippen LogP contribution in [0.2, 0.25) is 0 Å². The van der Waals surface area contributed by atoms with Crippen LogP contribution in [0, 0.1) is 10.1 Å². The van der Waals surface area contributed by atoms with Crippen LogP contribution in [0.3, 0.4) is 0 Å². The first-order valence-corrected chi connectivity index (χ1v) is 6.95. The van der Waals surface area contributed by atoms with E-state index in [0.29, 0.717) is 18.2 Å². The summed E-state index contributed by atoms with van der Waals surface area (Å²) in [4.78, 5) is 20.1. The van der Waals surface area contributed by atoms with Gasteiger partial charge in [0, 0.05) is 18.1 Å². The fourth-order valence-corrected chi connectivity index (χ4v) is 2.40. The van der Waals surface area contributed by atoms with Crippen molar-refractivity contribution in [1.29, 1.82) is 0 Å². The van der Waals surface area contributed by atoms with E-state index in [1.165, 1.54) is 17.0 Å². The molecule has 0 fully saturated rings. The molecule has 2 aromatic heterocycles. The minimum Gasteiger partial charge on any atom is -0.373 e. The number of rotatable bonds is 6. The molecule has 0 saturated heterocycles. The molecule has 2 rings (SSSR count). The summed E-state index contributed by atoms with van der Waals surface area (Å²) in [6.07, 6.45) is 2.80. The molecule has 0 amide bonds. The van der Waals surface area contributed by atoms with Crippen LogP contribution in [0.4, 0.5) is 17.3 Å². The molecule has 20 heavy (non-hydrogen) atoms. The summed E-state index contributed by atoms with van der Waals surface area (Å²) in [6.45, 7) is 2.58. The van der Waals surface area contributed by atoms with Crippen LogP contribution in [0.5, 0.6) is 0 Å². The van der Waals surface area contributed by atoms with Crippen molar-refractivity contribution in [2.45, 2.75) is 19.9 Å². The Morgan fingerprint density at radius 3 is 2.75 bits per heavy atom. The Morgan fingerprint density at radius 1 is 1.40 bits per heavy atom. The molecule has 0 aliphatic rings. The molecule has 7 nitrogen and oxygen atoms in total. The van der Waals surface area contributed by atoms with Crippen molar-refractivity contribution in [1.82, 2.24) is 9.97 Å². The molecule has 8 heteroatoms. The molecule has 0 saturated carbocycles. The van der Waals surface area contributed by atoms with E-state index in [1.54, 1.807) is 18.4 Å². The lowest BCUT2D eigenvalue weighted by Gasteiger charge is -2.06. The highest BCUT2D eigenvalue weighted by atomic mass is 32.1. The first kappa shape index (κ1) is 14.2. The van der Waals surface area contributed by atoms with Gasteiger partial charge in [0.15, 0.2) is 0 Å². The van der Waals surface area contributed by atoms with E-state index in [2.05, 4.69) is 27.5 Å². The fraction of sp³-hybridized carbons (Fsp3) is 0.333. The molecule has 0 radical (unpaired) electrons. The van der Waals surface area contributed by atoms with Crippen LogP contribution in [-0.2, 0) is 13.0 Å². The van der Waals surface area contributed by atoms with E-state index in [4.69, 9.17) is 0 Å². The third kappa shape index (κ3) is 3.41. The number of nitro groups is 1. The zero-order chi connectivity index (χ0) is 14.5. The quantitative estimate of drug-likeness (QED) is 0.628. The molecule has 0 atom stereocenters. The van der Waals surface area contributed by atoms with Crippen molar-refractivity contribution in [2.24, 2.45) is 0 Å². The Morgan fingerprint density at radius 2 is 2.15 bits per heavy atom. The highest BCUT2D eigenvalue weighted by molar-refractivity contribution is 7.11. The highest BCUT2D eigenvalue weighted by Gasteiger charge is 2.11. The topological polar surface area (TPSA) is 93.0 Å². The van der Waals surface area contributed by atoms with Gasteiger partial charge in [-0.25, -0.2) is 9.97 Å². The number of nitrogens with one attached hydrogen (secondary N) is 2. The summed E-state index contributed by atoms with van der Waals surface area (Å²) < 4.78 is 0. The van der Waals surface area contributed by atoms with Gasteiger partial charge in [0.2, 0.25) is 0 Å². The SMILES string of the molecule is CCc1cnc(CNc2cc([N+](=O)[O-])cc(NC)n2)s1. The summed E-state index contributed by atoms with van der Waals surface area (Å²) in [7, 11) is 1.67. The van der Waals surface area contributed by atoms with Gasteiger partial charge in [-0.15, -0.1) is 11.3 Å². The number of nitrogens with zero attached hydrogens (tertiary/aromatic N) is 3. The molecule has 106 valence electrons. The van der Waals surface area contributed by atoms with Crippen LogP contribution < -0.4 is 10.6 Å². The molecule has 2 N–H and O–H groups in total. The van der Waals surface area contributed by atoms with Crippen molar-refractivity contribution in [3.63, 3.8) is 0 Å². The number of pyridine rings is 1. The van der Waals surface area contributed by atoms with Gasteiger partial charge >= 0.3 is 0 Å². The Kier molecular flexibility index (Phi) is 4.46. The molecule has 0 aliphatic heterocycles. The van der Waals surface area contributed by atoms with Crippen LogP contribution in [-0.4, -0.2) is 21.9 Å². The Balaban J connectivity index is 2.12. The van der Waals surface area contributed by atoms with E-state index >= 15 is 0 Å². The molecule has 2 heterocycles. The van der Waals surface area contributed by atoms with Crippen molar-refractivity contribution in [2.75, 3.05) is 17.7 Å². The highest BCUT2D eigenvalue weighted by Crippen LogP contribution is 2.21. The number of aromatic nitrogens is 2. The molecule has 0 bridgehead atoms. The molecule has 0 aromatic carbocycles. The smallest absolute Gasteiger partial charge is 0.276 e. The van der Waals surface area contributed by atoms with Gasteiger partial charge in [-0.1, -0.05) is 6.92 Å². The maximum absolute atomic E-state index is 10.8. The monoisotopic (exact) mass is 293 g/mol. The van der Waals surface area contributed by atoms with Crippen LogP contribution in [0.25, 0.3) is 0 Å². The van der Waals surface area contributed by atoms with E-state index in [9.17, 15) is 10.1 Å². The van der Waals surface area contributed by atoms with Crippen LogP contribution >= 0.6 is 11.3 Å². The summed E-state index contributed by atoms with van der Waals surface area (Å²) in [5, 5.41) is 17.6. The van der Waals surface area contributed by atoms with E-state index in [-0.39, 0.29) is 5.69 Å². The first-order valence-electron chi connectivity index (χ1n) is 6.14. The Hall–Kier alpha value is -2.22. The number of thiazole rings is 1. The standard InChI is InChI=1S/C12H15N5O2S/c1-3-9-6-15-12(20-9)7-14-11-5-8(17(18)19)4-10(13-2)16-11/h4-6H,3,7H2,1-2H3,(H2,13,14,16). The Labute approximate surface area is 120 Å². The van der Waals surface area contributed by atoms with Gasteiger partial charge in [0.1, 0.15) is 16.6 Å². The predicted molar refractivity (Wildman–Crippen MR) is 79.3 cm³/mol. The maximum atomic E-state index is 10.8. The predicted octanol–water partition coefficient (Wildman–Crippen LogP) is 2.66. The van der Waals surface area contributed by atoms with Gasteiger partial charge < -0.3 is 10.6 Å². The van der Waals surface area contributed by atoms with Crippen molar-refractivity contribution in [3.05, 3.63) is 38.3 Å². The second-order valence-electron chi connectivity index (χ2n) is 4.03. The van der Waals surface area contributed by atoms with Gasteiger partial charge in [-0.2, -0.15) is 0 Å². The van der Waals surface area contributed by atoms with Crippen LogP contribution in [0.1, 0.15) is 16.8 Å². The molecule has 2 aromatic rings. The zero-order valence-electron chi connectivity index (χ0n) is 11.2. The van der Waals surface area contributed by atoms with Crippen LogP contribution in [0.15, 0.2) is 18.3 Å². The largest absolute Gasteiger partial charge is 0.373 e.